The number of hydrogen-bond donors (Lipinski definition) is 2. The summed E-state index contributed by atoms with van der Waals surface area (Å²) in [5.74, 6) is -0.897. The van der Waals surface area contributed by atoms with E-state index in [0.29, 0.717) is 104 Å². The molecule has 408 valence electrons. The standard InChI is InChI=1S/C57H70FN11O7S/c1-35-43-33-60-57(64-52(43)69(41-16-11-12-17-41)55(75)49(35)37(3)70)62-46-26-25-42(32-59-46)66-28-30-67(31-29-66)48(72)20-10-6-9-19-47(71)65(4)36(2)53(74)63-50(38-14-7-5-8-15-38)56(76)68-27-13-18-45(68)54-61-44(34-77-54)51(73)39-21-23-40(58)24-22-39/h21-26,32-34,36,38,41,45,50H,5-20,27-31H2,1-4H3,(H,63,74)(H,59,60,62,64)/t36-,45-,50-/m0/s1. The van der Waals surface area contributed by atoms with Crippen molar-refractivity contribution in [2.24, 2.45) is 5.92 Å². The zero-order valence-electron chi connectivity index (χ0n) is 44.6. The second kappa shape index (κ2) is 24.6. The maximum absolute atomic E-state index is 14.5. The van der Waals surface area contributed by atoms with Gasteiger partial charge in [-0.25, -0.2) is 19.3 Å². The number of carbonyl (C=O) groups is 6. The predicted octanol–water partition coefficient (Wildman–Crippen LogP) is 8.26. The summed E-state index contributed by atoms with van der Waals surface area (Å²) in [5.41, 5.74) is 2.48. The molecule has 2 saturated heterocycles. The first-order valence-electron chi connectivity index (χ1n) is 27.5. The number of ketones is 2. The molecule has 20 heteroatoms. The molecule has 9 rings (SSSR count). The highest BCUT2D eigenvalue weighted by molar-refractivity contribution is 7.10. The van der Waals surface area contributed by atoms with E-state index in [1.54, 1.807) is 48.1 Å². The van der Waals surface area contributed by atoms with Gasteiger partial charge in [-0.05, 0) is 120 Å². The summed E-state index contributed by atoms with van der Waals surface area (Å²) in [6.07, 6.45) is 15.7. The van der Waals surface area contributed by atoms with Crippen LogP contribution in [0.5, 0.6) is 0 Å². The molecule has 4 amide bonds. The highest BCUT2D eigenvalue weighted by Crippen LogP contribution is 2.37. The fourth-order valence-corrected chi connectivity index (χ4v) is 12.6. The lowest BCUT2D eigenvalue weighted by Gasteiger charge is -2.36. The Balaban J connectivity index is 0.710. The Labute approximate surface area is 452 Å². The minimum atomic E-state index is -0.816. The van der Waals surface area contributed by atoms with Crippen molar-refractivity contribution in [2.75, 3.05) is 50.0 Å². The lowest BCUT2D eigenvalue weighted by Crippen LogP contribution is -2.56. The summed E-state index contributed by atoms with van der Waals surface area (Å²) in [4.78, 5) is 120. The lowest BCUT2D eigenvalue weighted by molar-refractivity contribution is -0.142. The Kier molecular flexibility index (Phi) is 17.5. The fourth-order valence-electron chi connectivity index (χ4n) is 11.6. The number of nitrogens with one attached hydrogen (secondary N) is 2. The van der Waals surface area contributed by atoms with E-state index in [1.807, 2.05) is 17.0 Å². The molecular formula is C57H70FN11O7S. The van der Waals surface area contributed by atoms with Crippen LogP contribution in [-0.2, 0) is 19.2 Å². The summed E-state index contributed by atoms with van der Waals surface area (Å²) < 4.78 is 15.2. The van der Waals surface area contributed by atoms with Gasteiger partial charge >= 0.3 is 0 Å². The third-order valence-electron chi connectivity index (χ3n) is 16.2. The Morgan fingerprint density at radius 1 is 0.818 bits per heavy atom. The van der Waals surface area contributed by atoms with Crippen molar-refractivity contribution in [3.63, 3.8) is 0 Å². The van der Waals surface area contributed by atoms with Crippen LogP contribution >= 0.6 is 11.3 Å². The molecule has 2 aliphatic carbocycles. The molecule has 3 atom stereocenters. The number of likely N-dealkylation sites (N-methyl/N-ethyl adjacent to an activating group) is 1. The van der Waals surface area contributed by atoms with Crippen molar-refractivity contribution in [3.05, 3.63) is 97.7 Å². The summed E-state index contributed by atoms with van der Waals surface area (Å²) in [6, 6.07) is 7.21. The van der Waals surface area contributed by atoms with Crippen molar-refractivity contribution in [1.29, 1.82) is 0 Å². The van der Waals surface area contributed by atoms with E-state index >= 15 is 0 Å². The third-order valence-corrected chi connectivity index (χ3v) is 17.2. The molecule has 4 fully saturated rings. The molecule has 0 spiro atoms. The van der Waals surface area contributed by atoms with E-state index in [9.17, 15) is 38.0 Å². The molecule has 5 aromatic rings. The maximum atomic E-state index is 14.5. The number of piperazine rings is 1. The third kappa shape index (κ3) is 12.4. The summed E-state index contributed by atoms with van der Waals surface area (Å²) in [7, 11) is 1.62. The average Bonchev–Trinajstić information content (AvgIpc) is 4.31. The number of aryl methyl sites for hydroxylation is 1. The van der Waals surface area contributed by atoms with Crippen LogP contribution in [0, 0.1) is 18.7 Å². The molecule has 0 bridgehead atoms. The Morgan fingerprint density at radius 3 is 2.23 bits per heavy atom. The number of halogens is 1. The van der Waals surface area contributed by atoms with Crippen LogP contribution in [0.4, 0.5) is 21.8 Å². The van der Waals surface area contributed by atoms with Crippen LogP contribution in [-0.4, -0.2) is 126 Å². The van der Waals surface area contributed by atoms with Crippen LogP contribution in [0.15, 0.2) is 59.0 Å². The molecule has 2 aliphatic heterocycles. The van der Waals surface area contributed by atoms with Gasteiger partial charge in [0.15, 0.2) is 5.78 Å². The highest BCUT2D eigenvalue weighted by atomic mass is 32.1. The largest absolute Gasteiger partial charge is 0.367 e. The van der Waals surface area contributed by atoms with Crippen molar-refractivity contribution in [3.8, 4) is 0 Å². The van der Waals surface area contributed by atoms with Crippen LogP contribution in [0.2, 0.25) is 0 Å². The molecule has 77 heavy (non-hydrogen) atoms. The zero-order valence-corrected chi connectivity index (χ0v) is 45.4. The molecule has 6 heterocycles. The summed E-state index contributed by atoms with van der Waals surface area (Å²) >= 11 is 1.32. The molecule has 2 saturated carbocycles. The molecule has 4 aliphatic rings. The van der Waals surface area contributed by atoms with Crippen LogP contribution in [0.3, 0.4) is 0 Å². The van der Waals surface area contributed by atoms with Crippen molar-refractivity contribution < 1.29 is 33.2 Å². The predicted molar refractivity (Wildman–Crippen MR) is 292 cm³/mol. The first-order chi connectivity index (χ1) is 37.2. The van der Waals surface area contributed by atoms with Gasteiger partial charge in [-0.15, -0.1) is 11.3 Å². The number of rotatable bonds is 19. The van der Waals surface area contributed by atoms with Gasteiger partial charge < -0.3 is 30.2 Å². The van der Waals surface area contributed by atoms with E-state index in [4.69, 9.17) is 4.98 Å². The van der Waals surface area contributed by atoms with E-state index in [2.05, 4.69) is 30.5 Å². The molecule has 4 aromatic heterocycles. The quantitative estimate of drug-likeness (QED) is 0.0590. The minimum Gasteiger partial charge on any atom is -0.367 e. The second-order valence-corrected chi connectivity index (χ2v) is 22.1. The number of pyridine rings is 2. The molecule has 2 N–H and O–H groups in total. The van der Waals surface area contributed by atoms with Gasteiger partial charge in [0.1, 0.15) is 40.1 Å². The van der Waals surface area contributed by atoms with E-state index < -0.39 is 17.9 Å². The molecule has 1 aromatic carbocycles. The zero-order chi connectivity index (χ0) is 54.3. The number of benzene rings is 1. The monoisotopic (exact) mass is 1070 g/mol. The Bertz CT molecular complexity index is 3040. The number of fused-ring (bicyclic) bond motifs is 1. The number of carbonyl (C=O) groups excluding carboxylic acids is 6. The van der Waals surface area contributed by atoms with Gasteiger partial charge in [0.2, 0.25) is 35.4 Å². The number of aromatic nitrogens is 5. The number of unbranched alkanes of at least 4 members (excludes halogenated alkanes) is 2. The van der Waals surface area contributed by atoms with Crippen molar-refractivity contribution in [2.45, 2.75) is 148 Å². The van der Waals surface area contributed by atoms with Crippen LogP contribution in [0.25, 0.3) is 11.0 Å². The van der Waals surface area contributed by atoms with Gasteiger partial charge in [-0.3, -0.25) is 38.1 Å². The Hall–Kier alpha value is -6.96. The number of anilines is 3. The summed E-state index contributed by atoms with van der Waals surface area (Å²) in [5, 5.41) is 9.27. The SMILES string of the molecule is CC(=O)c1c(C)c2cnc(Nc3ccc(N4CCN(C(=O)CCCCCC(=O)N(C)[C@@H](C)C(=O)N[C@H](C(=O)N5CCC[C@H]5c5nc(C(=O)c6ccc(F)cc6)cs5)C5CCCCC5)CC4)cn3)nc2n(C2CCCC2)c1=O. The maximum Gasteiger partial charge on any atom is 0.263 e. The molecule has 0 radical (unpaired) electrons. The number of nitrogens with zero attached hydrogens (tertiary/aromatic N) is 9. The molecular weight excluding hydrogens is 1000 g/mol. The van der Waals surface area contributed by atoms with Gasteiger partial charge in [-0.2, -0.15) is 4.98 Å². The first-order valence-corrected chi connectivity index (χ1v) is 28.4. The topological polar surface area (TPSA) is 213 Å². The summed E-state index contributed by atoms with van der Waals surface area (Å²) in [6.45, 7) is 7.80. The number of hydrogen-bond acceptors (Lipinski definition) is 14. The first kappa shape index (κ1) is 54.8. The van der Waals surface area contributed by atoms with Gasteiger partial charge in [0.05, 0.1) is 23.5 Å². The van der Waals surface area contributed by atoms with Crippen molar-refractivity contribution in [1.82, 2.24) is 44.5 Å². The average molecular weight is 1070 g/mol. The molecule has 18 nitrogen and oxygen atoms in total. The van der Waals surface area contributed by atoms with Gasteiger partial charge in [-0.1, -0.05) is 38.5 Å². The normalized spacial score (nSPS) is 18.1. The minimum absolute atomic E-state index is 0.0240. The van der Waals surface area contributed by atoms with E-state index in [1.165, 1.54) is 47.4 Å². The van der Waals surface area contributed by atoms with Crippen LogP contribution in [0.1, 0.15) is 166 Å². The number of amides is 4. The number of likely N-dealkylation sites (tertiary alicyclic amines) is 1. The van der Waals surface area contributed by atoms with Crippen molar-refractivity contribution >= 4 is 75.0 Å². The van der Waals surface area contributed by atoms with Gasteiger partial charge in [0.25, 0.3) is 5.56 Å². The fraction of sp³-hybridized carbons (Fsp3) is 0.526. The van der Waals surface area contributed by atoms with E-state index in [-0.39, 0.29) is 76.4 Å². The lowest BCUT2D eigenvalue weighted by atomic mass is 9.83. The molecule has 0 unspecified atom stereocenters. The smallest absolute Gasteiger partial charge is 0.263 e. The highest BCUT2D eigenvalue weighted by Gasteiger charge is 2.41. The number of Topliss-reactive ketones (excluding diaryl/α,β-unsaturated/α-hetero) is 1. The van der Waals surface area contributed by atoms with E-state index in [0.717, 1.165) is 69.9 Å². The van der Waals surface area contributed by atoms with Gasteiger partial charge in [0, 0.05) is 81.2 Å². The second-order valence-electron chi connectivity index (χ2n) is 21.2. The van der Waals surface area contributed by atoms with Crippen LogP contribution < -0.4 is 21.1 Å². The number of thiazole rings is 1. The Morgan fingerprint density at radius 2 is 1.53 bits per heavy atom.